The molecular weight excluding hydrogens is 373 g/mol. The van der Waals surface area contributed by atoms with E-state index in [1.165, 1.54) is 19.1 Å². The van der Waals surface area contributed by atoms with Gasteiger partial charge >= 0.3 is 0 Å². The lowest BCUT2D eigenvalue weighted by molar-refractivity contribution is -0.114. The van der Waals surface area contributed by atoms with Gasteiger partial charge in [-0.05, 0) is 29.8 Å². The number of hydrogen-bond acceptors (Lipinski definition) is 2. The van der Waals surface area contributed by atoms with Crippen molar-refractivity contribution in [2.24, 2.45) is 0 Å². The second-order valence-electron chi connectivity index (χ2n) is 4.98. The van der Waals surface area contributed by atoms with Crippen LogP contribution in [0.25, 0.3) is 6.08 Å². The highest BCUT2D eigenvalue weighted by atomic mass is 35.5. The fourth-order valence-electron chi connectivity index (χ4n) is 1.91. The summed E-state index contributed by atoms with van der Waals surface area (Å²) in [5, 5.41) is 5.26. The number of amides is 2. The van der Waals surface area contributed by atoms with Crippen LogP contribution in [-0.2, 0) is 9.59 Å². The van der Waals surface area contributed by atoms with Crippen molar-refractivity contribution in [3.05, 3.63) is 63.7 Å². The van der Waals surface area contributed by atoms with Crippen LogP contribution in [0.4, 0.5) is 20.2 Å². The third-order valence-electron chi connectivity index (χ3n) is 3.00. The zero-order chi connectivity index (χ0) is 18.6. The van der Waals surface area contributed by atoms with Crippen LogP contribution in [-0.4, -0.2) is 11.8 Å². The minimum absolute atomic E-state index is 0.242. The first-order valence-corrected chi connectivity index (χ1v) is 7.72. The quantitative estimate of drug-likeness (QED) is 0.737. The summed E-state index contributed by atoms with van der Waals surface area (Å²) in [6, 6.07) is 6.29. The number of anilines is 2. The molecule has 0 heterocycles. The summed E-state index contributed by atoms with van der Waals surface area (Å²) in [4.78, 5) is 22.9. The molecule has 2 aromatic rings. The molecule has 130 valence electrons. The predicted octanol–water partition coefficient (Wildman–Crippen LogP) is 4.88. The highest BCUT2D eigenvalue weighted by Gasteiger charge is 2.12. The molecule has 0 aliphatic carbocycles. The van der Waals surface area contributed by atoms with E-state index in [0.717, 1.165) is 12.1 Å². The van der Waals surface area contributed by atoms with Crippen LogP contribution in [0.3, 0.4) is 0 Å². The molecule has 2 rings (SSSR count). The molecule has 0 atom stereocenters. The van der Waals surface area contributed by atoms with E-state index in [2.05, 4.69) is 10.6 Å². The molecule has 25 heavy (non-hydrogen) atoms. The maximum Gasteiger partial charge on any atom is 0.248 e. The normalized spacial score (nSPS) is 10.8. The number of carbonyl (C=O) groups is 2. The van der Waals surface area contributed by atoms with E-state index in [9.17, 15) is 18.4 Å². The van der Waals surface area contributed by atoms with Crippen molar-refractivity contribution in [2.45, 2.75) is 6.92 Å². The molecule has 0 fully saturated rings. The van der Waals surface area contributed by atoms with Gasteiger partial charge in [-0.25, -0.2) is 8.78 Å². The number of hydrogen-bond donors (Lipinski definition) is 2. The minimum atomic E-state index is -0.974. The van der Waals surface area contributed by atoms with Gasteiger partial charge in [-0.2, -0.15) is 0 Å². The summed E-state index contributed by atoms with van der Waals surface area (Å²) in [6.07, 6.45) is 2.56. The van der Waals surface area contributed by atoms with Crippen molar-refractivity contribution >= 4 is 52.5 Å². The fraction of sp³-hybridized carbons (Fsp3) is 0.0588. The molecule has 0 spiro atoms. The monoisotopic (exact) mass is 384 g/mol. The highest BCUT2D eigenvalue weighted by Crippen LogP contribution is 2.24. The smallest absolute Gasteiger partial charge is 0.248 e. The Morgan fingerprint density at radius 1 is 1.00 bits per heavy atom. The summed E-state index contributed by atoms with van der Waals surface area (Å²) in [6.45, 7) is 1.18. The molecule has 0 aliphatic rings. The van der Waals surface area contributed by atoms with Crippen LogP contribution in [0.5, 0.6) is 0 Å². The summed E-state index contributed by atoms with van der Waals surface area (Å²) in [7, 11) is 0. The van der Waals surface area contributed by atoms with E-state index in [1.807, 2.05) is 0 Å². The minimum Gasteiger partial charge on any atom is -0.324 e. The second kappa shape index (κ2) is 8.09. The first kappa shape index (κ1) is 18.9. The molecule has 0 saturated heterocycles. The largest absolute Gasteiger partial charge is 0.324 e. The fourth-order valence-corrected chi connectivity index (χ4v) is 2.38. The molecule has 8 heteroatoms. The van der Waals surface area contributed by atoms with E-state index < -0.39 is 23.4 Å². The van der Waals surface area contributed by atoms with Gasteiger partial charge in [0.05, 0.1) is 11.4 Å². The van der Waals surface area contributed by atoms with Crippen molar-refractivity contribution < 1.29 is 18.4 Å². The van der Waals surface area contributed by atoms with Crippen molar-refractivity contribution in [2.75, 3.05) is 10.6 Å². The van der Waals surface area contributed by atoms with Gasteiger partial charge in [0, 0.05) is 29.1 Å². The van der Waals surface area contributed by atoms with E-state index in [-0.39, 0.29) is 11.4 Å². The Labute approximate surface area is 152 Å². The van der Waals surface area contributed by atoms with Crippen LogP contribution in [0.2, 0.25) is 10.0 Å². The van der Waals surface area contributed by atoms with Crippen molar-refractivity contribution in [3.8, 4) is 0 Å². The number of rotatable bonds is 4. The van der Waals surface area contributed by atoms with E-state index in [0.29, 0.717) is 21.7 Å². The Bertz CT molecular complexity index is 870. The molecule has 4 nitrogen and oxygen atoms in total. The number of benzene rings is 2. The molecule has 0 radical (unpaired) electrons. The second-order valence-corrected chi connectivity index (χ2v) is 5.83. The maximum absolute atomic E-state index is 13.8. The van der Waals surface area contributed by atoms with Gasteiger partial charge < -0.3 is 10.6 Å². The summed E-state index contributed by atoms with van der Waals surface area (Å²) in [5.74, 6) is -3.11. The zero-order valence-corrected chi connectivity index (χ0v) is 14.4. The lowest BCUT2D eigenvalue weighted by atomic mass is 10.2. The maximum atomic E-state index is 13.8. The Morgan fingerprint density at radius 2 is 1.64 bits per heavy atom. The van der Waals surface area contributed by atoms with Gasteiger partial charge in [0.15, 0.2) is 0 Å². The molecular formula is C17H12Cl2F2N2O2. The van der Waals surface area contributed by atoms with E-state index in [1.54, 1.807) is 12.1 Å². The van der Waals surface area contributed by atoms with Crippen molar-refractivity contribution in [1.82, 2.24) is 0 Å². The average Bonchev–Trinajstić information content (AvgIpc) is 2.50. The third kappa shape index (κ3) is 5.27. The van der Waals surface area contributed by atoms with Crippen molar-refractivity contribution in [1.29, 1.82) is 0 Å². The molecule has 0 aliphatic heterocycles. The van der Waals surface area contributed by atoms with Gasteiger partial charge in [-0.1, -0.05) is 29.3 Å². The highest BCUT2D eigenvalue weighted by molar-refractivity contribution is 6.35. The first-order valence-electron chi connectivity index (χ1n) is 6.97. The van der Waals surface area contributed by atoms with Gasteiger partial charge in [0.2, 0.25) is 11.8 Å². The van der Waals surface area contributed by atoms with Crippen LogP contribution in [0.1, 0.15) is 12.5 Å². The van der Waals surface area contributed by atoms with Gasteiger partial charge in [-0.3, -0.25) is 9.59 Å². The Kier molecular flexibility index (Phi) is 6.12. The zero-order valence-electron chi connectivity index (χ0n) is 12.9. The van der Waals surface area contributed by atoms with Crippen LogP contribution in [0.15, 0.2) is 36.4 Å². The summed E-state index contributed by atoms with van der Waals surface area (Å²) >= 11 is 11.8. The molecule has 2 aromatic carbocycles. The van der Waals surface area contributed by atoms with Crippen LogP contribution >= 0.6 is 23.2 Å². The predicted molar refractivity (Wildman–Crippen MR) is 94.8 cm³/mol. The van der Waals surface area contributed by atoms with E-state index >= 15 is 0 Å². The molecule has 0 aromatic heterocycles. The summed E-state index contributed by atoms with van der Waals surface area (Å²) < 4.78 is 27.3. The van der Waals surface area contributed by atoms with Crippen LogP contribution in [0, 0.1) is 11.6 Å². The molecule has 0 saturated carbocycles. The van der Waals surface area contributed by atoms with Gasteiger partial charge in [-0.15, -0.1) is 0 Å². The first-order chi connectivity index (χ1) is 11.8. The third-order valence-corrected chi connectivity index (χ3v) is 3.56. The topological polar surface area (TPSA) is 58.2 Å². The van der Waals surface area contributed by atoms with E-state index in [4.69, 9.17) is 23.2 Å². The van der Waals surface area contributed by atoms with Gasteiger partial charge in [0.1, 0.15) is 11.6 Å². The van der Waals surface area contributed by atoms with Crippen molar-refractivity contribution in [3.63, 3.8) is 0 Å². The molecule has 0 unspecified atom stereocenters. The standard InChI is InChI=1S/C17H12Cl2F2N2O2/c1-9(24)22-15-8-16(14(21)7-13(15)20)23-17(25)5-3-10-2-4-11(18)6-12(10)19/h2-8H,1H3,(H,22,24)(H,23,25)/b5-3+. The lowest BCUT2D eigenvalue weighted by Crippen LogP contribution is -2.12. The lowest BCUT2D eigenvalue weighted by Gasteiger charge is -2.09. The Hall–Kier alpha value is -2.44. The number of nitrogens with one attached hydrogen (secondary N) is 2. The van der Waals surface area contributed by atoms with Crippen LogP contribution < -0.4 is 10.6 Å². The molecule has 2 amide bonds. The number of carbonyl (C=O) groups excluding carboxylic acids is 2. The number of halogens is 4. The Balaban J connectivity index is 2.17. The molecule has 2 N–H and O–H groups in total. The summed E-state index contributed by atoms with van der Waals surface area (Å²) in [5.41, 5.74) is 0.0238. The average molecular weight is 385 g/mol. The van der Waals surface area contributed by atoms with Gasteiger partial charge in [0.25, 0.3) is 0 Å². The Morgan fingerprint density at radius 3 is 2.24 bits per heavy atom. The SMILES string of the molecule is CC(=O)Nc1cc(NC(=O)/C=C/c2ccc(Cl)cc2Cl)c(F)cc1F. The molecule has 0 bridgehead atoms.